The van der Waals surface area contributed by atoms with Crippen LogP contribution in [0.15, 0.2) is 0 Å². The number of carbonyl (C=O) groups is 1. The number of unbranched alkanes of at least 4 members (excludes halogenated alkanes) is 2. The zero-order chi connectivity index (χ0) is 13.6. The van der Waals surface area contributed by atoms with Crippen LogP contribution < -0.4 is 5.32 Å². The molecule has 0 amide bonds. The highest BCUT2D eigenvalue weighted by Gasteiger charge is 2.51. The first-order valence-corrected chi connectivity index (χ1v) is 7.23. The Bertz CT molecular complexity index is 267. The fraction of sp³-hybridized carbons (Fsp3) is 0.929. The second kappa shape index (κ2) is 7.10. The van der Waals surface area contributed by atoms with Crippen molar-refractivity contribution in [2.45, 2.75) is 51.5 Å². The third kappa shape index (κ3) is 3.95. The van der Waals surface area contributed by atoms with Gasteiger partial charge in [0, 0.05) is 6.54 Å². The molecule has 18 heavy (non-hydrogen) atoms. The largest absolute Gasteiger partial charge is 0.480 e. The molecule has 0 spiro atoms. The number of aliphatic carboxylic acids is 1. The van der Waals surface area contributed by atoms with Gasteiger partial charge in [-0.05, 0) is 45.3 Å². The van der Waals surface area contributed by atoms with E-state index in [0.29, 0.717) is 19.0 Å². The molecular weight excluding hydrogens is 228 g/mol. The van der Waals surface area contributed by atoms with Crippen LogP contribution in [0, 0.1) is 5.92 Å². The zero-order valence-corrected chi connectivity index (χ0v) is 12.0. The Morgan fingerprint density at radius 1 is 1.39 bits per heavy atom. The molecule has 1 unspecified atom stereocenters. The van der Waals surface area contributed by atoms with Crippen LogP contribution in [0.2, 0.25) is 0 Å². The minimum absolute atomic E-state index is 0.309. The Balaban J connectivity index is 2.57. The lowest BCUT2D eigenvalue weighted by atomic mass is 9.92. The topological polar surface area (TPSA) is 52.6 Å². The predicted molar refractivity (Wildman–Crippen MR) is 73.8 cm³/mol. The van der Waals surface area contributed by atoms with Crippen molar-refractivity contribution in [3.63, 3.8) is 0 Å². The molecule has 106 valence electrons. The number of rotatable bonds is 10. The summed E-state index contributed by atoms with van der Waals surface area (Å²) < 4.78 is 0. The van der Waals surface area contributed by atoms with Crippen LogP contribution in [-0.2, 0) is 4.79 Å². The molecule has 0 heterocycles. The molecule has 0 aliphatic heterocycles. The Kier molecular flexibility index (Phi) is 6.09. The zero-order valence-electron chi connectivity index (χ0n) is 12.0. The maximum absolute atomic E-state index is 11.7. The summed E-state index contributed by atoms with van der Waals surface area (Å²) in [7, 11) is 2.03. The van der Waals surface area contributed by atoms with Crippen LogP contribution >= 0.6 is 0 Å². The average molecular weight is 256 g/mol. The standard InChI is InChI=1S/C14H28N2O2/c1-4-6-7-10-16(3)11-14(13(17)18,15-5-2)12-8-9-12/h12,15H,4-11H2,1-3H3,(H,17,18). The van der Waals surface area contributed by atoms with E-state index in [4.69, 9.17) is 0 Å². The summed E-state index contributed by atoms with van der Waals surface area (Å²) in [6.07, 6.45) is 5.66. The first-order valence-electron chi connectivity index (χ1n) is 7.23. The Morgan fingerprint density at radius 2 is 2.06 bits per heavy atom. The van der Waals surface area contributed by atoms with Crippen molar-refractivity contribution in [3.05, 3.63) is 0 Å². The molecule has 0 aromatic heterocycles. The molecule has 0 saturated heterocycles. The monoisotopic (exact) mass is 256 g/mol. The lowest BCUT2D eigenvalue weighted by Crippen LogP contribution is -2.60. The number of carboxylic acid groups (broad SMARTS) is 1. The molecule has 1 fully saturated rings. The molecule has 4 nitrogen and oxygen atoms in total. The molecular formula is C14H28N2O2. The average Bonchev–Trinajstić information content (AvgIpc) is 3.12. The summed E-state index contributed by atoms with van der Waals surface area (Å²) >= 11 is 0. The van der Waals surface area contributed by atoms with Crippen LogP contribution in [0.1, 0.15) is 46.0 Å². The smallest absolute Gasteiger partial charge is 0.325 e. The maximum atomic E-state index is 11.7. The van der Waals surface area contributed by atoms with Gasteiger partial charge in [0.1, 0.15) is 5.54 Å². The fourth-order valence-electron chi connectivity index (χ4n) is 2.68. The van der Waals surface area contributed by atoms with E-state index >= 15 is 0 Å². The van der Waals surface area contributed by atoms with E-state index in [2.05, 4.69) is 17.1 Å². The number of nitrogens with zero attached hydrogens (tertiary/aromatic N) is 1. The lowest BCUT2D eigenvalue weighted by molar-refractivity contribution is -0.146. The molecule has 1 aliphatic rings. The van der Waals surface area contributed by atoms with Crippen LogP contribution in [0.25, 0.3) is 0 Å². The van der Waals surface area contributed by atoms with Crippen molar-refractivity contribution >= 4 is 5.97 Å². The maximum Gasteiger partial charge on any atom is 0.325 e. The first kappa shape index (κ1) is 15.4. The normalized spacial score (nSPS) is 18.9. The van der Waals surface area contributed by atoms with Gasteiger partial charge in [0.15, 0.2) is 0 Å². The van der Waals surface area contributed by atoms with Gasteiger partial charge in [0.25, 0.3) is 0 Å². The van der Waals surface area contributed by atoms with Crippen molar-refractivity contribution in [2.24, 2.45) is 5.92 Å². The van der Waals surface area contributed by atoms with Gasteiger partial charge in [-0.1, -0.05) is 26.7 Å². The lowest BCUT2D eigenvalue weighted by Gasteiger charge is -2.34. The summed E-state index contributed by atoms with van der Waals surface area (Å²) in [5, 5.41) is 12.8. The number of hydrogen-bond acceptors (Lipinski definition) is 3. The van der Waals surface area contributed by atoms with Crippen LogP contribution in [0.5, 0.6) is 0 Å². The molecule has 4 heteroatoms. The second-order valence-electron chi connectivity index (χ2n) is 5.53. The van der Waals surface area contributed by atoms with E-state index in [9.17, 15) is 9.90 Å². The minimum Gasteiger partial charge on any atom is -0.480 e. The molecule has 1 saturated carbocycles. The molecule has 1 atom stereocenters. The number of likely N-dealkylation sites (N-methyl/N-ethyl adjacent to an activating group) is 2. The summed E-state index contributed by atoms with van der Waals surface area (Å²) in [4.78, 5) is 13.8. The van der Waals surface area contributed by atoms with Gasteiger partial charge in [0.05, 0.1) is 0 Å². The Morgan fingerprint density at radius 3 is 2.50 bits per heavy atom. The van der Waals surface area contributed by atoms with E-state index in [1.807, 2.05) is 14.0 Å². The Hall–Kier alpha value is -0.610. The Labute approximate surface area is 111 Å². The van der Waals surface area contributed by atoms with Gasteiger partial charge < -0.3 is 15.3 Å². The molecule has 1 aliphatic carbocycles. The predicted octanol–water partition coefficient (Wildman–Crippen LogP) is 1.95. The van der Waals surface area contributed by atoms with Crippen LogP contribution in [0.3, 0.4) is 0 Å². The van der Waals surface area contributed by atoms with E-state index in [1.165, 1.54) is 12.8 Å². The summed E-state index contributed by atoms with van der Waals surface area (Å²) in [6, 6.07) is 0. The highest BCUT2D eigenvalue weighted by Crippen LogP contribution is 2.40. The fourth-order valence-corrected chi connectivity index (χ4v) is 2.68. The molecule has 0 aromatic carbocycles. The van der Waals surface area contributed by atoms with Crippen molar-refractivity contribution in [1.29, 1.82) is 0 Å². The van der Waals surface area contributed by atoms with Gasteiger partial charge in [-0.3, -0.25) is 4.79 Å². The van der Waals surface area contributed by atoms with E-state index in [1.54, 1.807) is 0 Å². The highest BCUT2D eigenvalue weighted by atomic mass is 16.4. The minimum atomic E-state index is -0.726. The second-order valence-corrected chi connectivity index (χ2v) is 5.53. The van der Waals surface area contributed by atoms with E-state index in [0.717, 1.165) is 25.8 Å². The SMILES string of the molecule is CCCCCN(C)CC(NCC)(C(=O)O)C1CC1. The molecule has 0 aromatic rings. The quantitative estimate of drug-likeness (QED) is 0.587. The van der Waals surface area contributed by atoms with Crippen molar-refractivity contribution in [2.75, 3.05) is 26.7 Å². The highest BCUT2D eigenvalue weighted by molar-refractivity contribution is 5.80. The van der Waals surface area contributed by atoms with Gasteiger partial charge in [-0.25, -0.2) is 0 Å². The van der Waals surface area contributed by atoms with E-state index in [-0.39, 0.29) is 0 Å². The van der Waals surface area contributed by atoms with Gasteiger partial charge in [-0.15, -0.1) is 0 Å². The van der Waals surface area contributed by atoms with Crippen LogP contribution in [0.4, 0.5) is 0 Å². The van der Waals surface area contributed by atoms with Crippen molar-refractivity contribution < 1.29 is 9.90 Å². The summed E-state index contributed by atoms with van der Waals surface area (Å²) in [5.74, 6) is -0.377. The molecule has 0 radical (unpaired) electrons. The number of carboxylic acids is 1. The third-order valence-corrected chi connectivity index (χ3v) is 3.81. The van der Waals surface area contributed by atoms with Crippen molar-refractivity contribution in [3.8, 4) is 0 Å². The third-order valence-electron chi connectivity index (χ3n) is 3.81. The summed E-state index contributed by atoms with van der Waals surface area (Å²) in [5.41, 5.74) is -0.726. The number of hydrogen-bond donors (Lipinski definition) is 2. The van der Waals surface area contributed by atoms with Crippen LogP contribution in [-0.4, -0.2) is 48.2 Å². The number of nitrogens with one attached hydrogen (secondary N) is 1. The van der Waals surface area contributed by atoms with Crippen molar-refractivity contribution in [1.82, 2.24) is 10.2 Å². The van der Waals surface area contributed by atoms with Gasteiger partial charge in [0.2, 0.25) is 0 Å². The summed E-state index contributed by atoms with van der Waals surface area (Å²) in [6.45, 7) is 6.48. The van der Waals surface area contributed by atoms with Gasteiger partial charge in [-0.2, -0.15) is 0 Å². The molecule has 1 rings (SSSR count). The first-order chi connectivity index (χ1) is 8.56. The van der Waals surface area contributed by atoms with Gasteiger partial charge >= 0.3 is 5.97 Å². The van der Waals surface area contributed by atoms with E-state index < -0.39 is 11.5 Å². The molecule has 0 bridgehead atoms. The molecule has 2 N–H and O–H groups in total.